The average molecular weight is 255 g/mol. The molecule has 1 unspecified atom stereocenters. The van der Waals surface area contributed by atoms with Gasteiger partial charge < -0.3 is 20.6 Å². The van der Waals surface area contributed by atoms with Gasteiger partial charge in [-0.2, -0.15) is 0 Å². The van der Waals surface area contributed by atoms with Crippen LogP contribution < -0.4 is 16.6 Å². The molecule has 18 heavy (non-hydrogen) atoms. The van der Waals surface area contributed by atoms with Crippen molar-refractivity contribution in [3.8, 4) is 0 Å². The number of aromatic nitrogens is 2. The van der Waals surface area contributed by atoms with E-state index in [0.29, 0.717) is 30.7 Å². The van der Waals surface area contributed by atoms with E-state index in [9.17, 15) is 0 Å². The number of ether oxygens (including phenoxy) is 1. The van der Waals surface area contributed by atoms with Gasteiger partial charge in [0, 0.05) is 12.7 Å². The van der Waals surface area contributed by atoms with Crippen LogP contribution in [0.3, 0.4) is 0 Å². The van der Waals surface area contributed by atoms with Crippen LogP contribution >= 0.6 is 0 Å². The van der Waals surface area contributed by atoms with E-state index in [0.717, 1.165) is 6.42 Å². The van der Waals surface area contributed by atoms with Crippen molar-refractivity contribution in [1.29, 1.82) is 0 Å². The monoisotopic (exact) mass is 255 g/mol. The van der Waals surface area contributed by atoms with Crippen molar-refractivity contribution < 1.29 is 9.84 Å². The third kappa shape index (κ3) is 4.44. The summed E-state index contributed by atoms with van der Waals surface area (Å²) in [5.74, 6) is 7.03. The third-order valence-electron chi connectivity index (χ3n) is 2.42. The van der Waals surface area contributed by atoms with Gasteiger partial charge in [0.15, 0.2) is 5.82 Å². The largest absolute Gasteiger partial charge is 0.394 e. The van der Waals surface area contributed by atoms with Crippen molar-refractivity contribution in [2.45, 2.75) is 32.9 Å². The van der Waals surface area contributed by atoms with Crippen LogP contribution in [-0.2, 0) is 11.3 Å². The average Bonchev–Trinajstić information content (AvgIpc) is 2.42. The number of nitrogens with two attached hydrogens (primary N) is 1. The molecule has 7 nitrogen and oxygen atoms in total. The zero-order chi connectivity index (χ0) is 13.4. The number of aliphatic hydroxyl groups is 1. The van der Waals surface area contributed by atoms with E-state index in [1.807, 2.05) is 13.8 Å². The Balaban J connectivity index is 2.82. The first-order valence-electron chi connectivity index (χ1n) is 6.03. The van der Waals surface area contributed by atoms with E-state index in [-0.39, 0.29) is 12.6 Å². The van der Waals surface area contributed by atoms with Gasteiger partial charge >= 0.3 is 0 Å². The topological polar surface area (TPSA) is 105 Å². The third-order valence-corrected chi connectivity index (χ3v) is 2.42. The fourth-order valence-electron chi connectivity index (χ4n) is 1.39. The molecule has 0 saturated heterocycles. The molecule has 0 aromatic carbocycles. The minimum atomic E-state index is -0.0366. The molecule has 0 saturated carbocycles. The van der Waals surface area contributed by atoms with Gasteiger partial charge in [0.2, 0.25) is 0 Å². The zero-order valence-electron chi connectivity index (χ0n) is 10.8. The second-order valence-electron chi connectivity index (χ2n) is 3.77. The predicted octanol–water partition coefficient (Wildman–Crippen LogP) is 0.481. The molecule has 0 bridgehead atoms. The number of nitrogens with zero attached hydrogens (tertiary/aromatic N) is 2. The molecule has 1 atom stereocenters. The van der Waals surface area contributed by atoms with Gasteiger partial charge in [0.05, 0.1) is 12.6 Å². The quantitative estimate of drug-likeness (QED) is 0.395. The van der Waals surface area contributed by atoms with Crippen LogP contribution in [0.5, 0.6) is 0 Å². The summed E-state index contributed by atoms with van der Waals surface area (Å²) in [6.07, 6.45) is 0.798. The van der Waals surface area contributed by atoms with Crippen LogP contribution in [0.1, 0.15) is 26.1 Å². The van der Waals surface area contributed by atoms with Crippen LogP contribution in [0.15, 0.2) is 6.07 Å². The van der Waals surface area contributed by atoms with Gasteiger partial charge in [0.25, 0.3) is 0 Å². The van der Waals surface area contributed by atoms with Crippen molar-refractivity contribution in [2.75, 3.05) is 24.0 Å². The molecule has 0 aliphatic carbocycles. The number of nitrogen functional groups attached to an aromatic ring is 1. The highest BCUT2D eigenvalue weighted by molar-refractivity contribution is 5.47. The van der Waals surface area contributed by atoms with E-state index < -0.39 is 0 Å². The summed E-state index contributed by atoms with van der Waals surface area (Å²) >= 11 is 0. The fourth-order valence-corrected chi connectivity index (χ4v) is 1.39. The molecule has 102 valence electrons. The molecular formula is C11H21N5O2. The Morgan fingerprint density at radius 2 is 2.11 bits per heavy atom. The first kappa shape index (κ1) is 14.6. The first-order chi connectivity index (χ1) is 8.73. The number of anilines is 2. The summed E-state index contributed by atoms with van der Waals surface area (Å²) in [5.41, 5.74) is 2.48. The normalized spacial score (nSPS) is 12.2. The van der Waals surface area contributed by atoms with E-state index in [1.54, 1.807) is 6.07 Å². The Morgan fingerprint density at radius 3 is 2.67 bits per heavy atom. The van der Waals surface area contributed by atoms with Crippen molar-refractivity contribution in [3.05, 3.63) is 11.9 Å². The van der Waals surface area contributed by atoms with E-state index in [1.165, 1.54) is 0 Å². The predicted molar refractivity (Wildman–Crippen MR) is 70.0 cm³/mol. The van der Waals surface area contributed by atoms with Gasteiger partial charge in [-0.1, -0.05) is 6.92 Å². The summed E-state index contributed by atoms with van der Waals surface area (Å²) in [7, 11) is 0. The molecule has 1 heterocycles. The highest BCUT2D eigenvalue weighted by Crippen LogP contribution is 2.13. The van der Waals surface area contributed by atoms with Crippen molar-refractivity contribution >= 4 is 11.6 Å². The lowest BCUT2D eigenvalue weighted by Crippen LogP contribution is -2.24. The number of nitrogens with one attached hydrogen (secondary N) is 2. The molecule has 7 heteroatoms. The van der Waals surface area contributed by atoms with Crippen molar-refractivity contribution in [1.82, 2.24) is 9.97 Å². The van der Waals surface area contributed by atoms with Crippen LogP contribution in [-0.4, -0.2) is 34.3 Å². The molecule has 5 N–H and O–H groups in total. The molecule has 1 aromatic rings. The van der Waals surface area contributed by atoms with E-state index in [4.69, 9.17) is 15.7 Å². The molecular weight excluding hydrogens is 234 g/mol. The standard InChI is InChI=1S/C11H21N5O2/c1-3-8(6-17)13-9-5-10(16-12)15-11(14-9)7-18-4-2/h5,8,17H,3-4,6-7,12H2,1-2H3,(H2,13,14,15,16). The first-order valence-corrected chi connectivity index (χ1v) is 6.03. The summed E-state index contributed by atoms with van der Waals surface area (Å²) in [6.45, 7) is 4.87. The molecule has 0 fully saturated rings. The second kappa shape index (κ2) is 7.80. The highest BCUT2D eigenvalue weighted by atomic mass is 16.5. The van der Waals surface area contributed by atoms with Gasteiger partial charge in [-0.15, -0.1) is 0 Å². The summed E-state index contributed by atoms with van der Waals surface area (Å²) in [5, 5.41) is 12.3. The van der Waals surface area contributed by atoms with Crippen LogP contribution in [0, 0.1) is 0 Å². The summed E-state index contributed by atoms with van der Waals surface area (Å²) < 4.78 is 5.26. The smallest absolute Gasteiger partial charge is 0.158 e. The van der Waals surface area contributed by atoms with Gasteiger partial charge in [-0.05, 0) is 13.3 Å². The number of aliphatic hydroxyl groups excluding tert-OH is 1. The molecule has 0 spiro atoms. The maximum atomic E-state index is 9.15. The minimum Gasteiger partial charge on any atom is -0.394 e. The molecule has 0 amide bonds. The Morgan fingerprint density at radius 1 is 1.39 bits per heavy atom. The Labute approximate surface area is 107 Å². The number of hydrazine groups is 1. The Hall–Kier alpha value is -1.44. The van der Waals surface area contributed by atoms with Crippen LogP contribution in [0.2, 0.25) is 0 Å². The Kier molecular flexibility index (Phi) is 6.34. The molecule has 1 aromatic heterocycles. The molecule has 1 rings (SSSR count). The molecule has 0 aliphatic rings. The zero-order valence-corrected chi connectivity index (χ0v) is 10.8. The van der Waals surface area contributed by atoms with Gasteiger partial charge in [-0.25, -0.2) is 15.8 Å². The van der Waals surface area contributed by atoms with Crippen LogP contribution in [0.4, 0.5) is 11.6 Å². The highest BCUT2D eigenvalue weighted by Gasteiger charge is 2.08. The van der Waals surface area contributed by atoms with Crippen molar-refractivity contribution in [2.24, 2.45) is 5.84 Å². The number of hydrogen-bond acceptors (Lipinski definition) is 7. The minimum absolute atomic E-state index is 0.0366. The van der Waals surface area contributed by atoms with Crippen molar-refractivity contribution in [3.63, 3.8) is 0 Å². The van der Waals surface area contributed by atoms with E-state index in [2.05, 4.69) is 20.7 Å². The summed E-state index contributed by atoms with van der Waals surface area (Å²) in [4.78, 5) is 8.47. The Bertz CT molecular complexity index is 357. The van der Waals surface area contributed by atoms with Crippen LogP contribution in [0.25, 0.3) is 0 Å². The van der Waals surface area contributed by atoms with Gasteiger partial charge in [-0.3, -0.25) is 0 Å². The summed E-state index contributed by atoms with van der Waals surface area (Å²) in [6, 6.07) is 1.65. The number of hydrogen-bond donors (Lipinski definition) is 4. The SMILES string of the molecule is CCOCc1nc(NN)cc(NC(CC)CO)n1. The maximum Gasteiger partial charge on any atom is 0.158 e. The lowest BCUT2D eigenvalue weighted by atomic mass is 10.2. The maximum absolute atomic E-state index is 9.15. The van der Waals surface area contributed by atoms with E-state index >= 15 is 0 Å². The second-order valence-corrected chi connectivity index (χ2v) is 3.77. The van der Waals surface area contributed by atoms with Gasteiger partial charge in [0.1, 0.15) is 18.2 Å². The molecule has 0 radical (unpaired) electrons. The lowest BCUT2D eigenvalue weighted by Gasteiger charge is -2.16. The molecule has 0 aliphatic heterocycles. The fraction of sp³-hybridized carbons (Fsp3) is 0.636. The number of rotatable bonds is 8. The lowest BCUT2D eigenvalue weighted by molar-refractivity contribution is 0.128.